The summed E-state index contributed by atoms with van der Waals surface area (Å²) in [5, 5.41) is 3.35. The molecule has 0 atom stereocenters. The van der Waals surface area contributed by atoms with Crippen molar-refractivity contribution in [3.05, 3.63) is 29.8 Å². The predicted molar refractivity (Wildman–Crippen MR) is 83.4 cm³/mol. The highest BCUT2D eigenvalue weighted by molar-refractivity contribution is 7.89. The first-order chi connectivity index (χ1) is 9.37. The van der Waals surface area contributed by atoms with Crippen LogP contribution in [0.15, 0.2) is 29.2 Å². The molecule has 0 bridgehead atoms. The monoisotopic (exact) mass is 298 g/mol. The Morgan fingerprint density at radius 3 is 2.30 bits per heavy atom. The van der Waals surface area contributed by atoms with Gasteiger partial charge < -0.3 is 5.32 Å². The first kappa shape index (κ1) is 17.1. The average molecular weight is 298 g/mol. The Morgan fingerprint density at radius 2 is 1.80 bits per heavy atom. The Morgan fingerprint density at radius 1 is 1.20 bits per heavy atom. The van der Waals surface area contributed by atoms with Crippen LogP contribution < -0.4 is 5.32 Å². The summed E-state index contributed by atoms with van der Waals surface area (Å²) >= 11 is 0. The van der Waals surface area contributed by atoms with E-state index in [4.69, 9.17) is 0 Å². The van der Waals surface area contributed by atoms with Crippen LogP contribution in [0.2, 0.25) is 0 Å². The van der Waals surface area contributed by atoms with E-state index in [0.29, 0.717) is 17.5 Å². The van der Waals surface area contributed by atoms with E-state index >= 15 is 0 Å². The summed E-state index contributed by atoms with van der Waals surface area (Å²) in [6, 6.07) is 7.67. The van der Waals surface area contributed by atoms with Crippen LogP contribution in [0.1, 0.15) is 32.8 Å². The standard InChI is InChI=1S/C15H26N2O2S/c1-5-12-17(4)20(18,19)15-8-6-14(7-9-15)10-11-16-13(2)3/h6-9,13,16H,5,10-12H2,1-4H3. The topological polar surface area (TPSA) is 49.4 Å². The van der Waals surface area contributed by atoms with Crippen LogP contribution in [0.4, 0.5) is 0 Å². The van der Waals surface area contributed by atoms with E-state index in [1.807, 2.05) is 19.1 Å². The Balaban J connectivity index is 2.71. The Hall–Kier alpha value is -0.910. The molecule has 0 unspecified atom stereocenters. The third-order valence-corrected chi connectivity index (χ3v) is 5.01. The van der Waals surface area contributed by atoms with Gasteiger partial charge in [-0.05, 0) is 37.1 Å². The minimum Gasteiger partial charge on any atom is -0.314 e. The zero-order valence-corrected chi connectivity index (χ0v) is 13.7. The molecule has 1 rings (SSSR count). The van der Waals surface area contributed by atoms with Gasteiger partial charge in [0.2, 0.25) is 10.0 Å². The molecule has 20 heavy (non-hydrogen) atoms. The van der Waals surface area contributed by atoms with Gasteiger partial charge in [-0.2, -0.15) is 0 Å². The zero-order chi connectivity index (χ0) is 15.2. The third-order valence-electron chi connectivity index (χ3n) is 3.14. The second-order valence-corrected chi connectivity index (χ2v) is 7.37. The third kappa shape index (κ3) is 4.89. The zero-order valence-electron chi connectivity index (χ0n) is 12.9. The summed E-state index contributed by atoms with van der Waals surface area (Å²) in [5.41, 5.74) is 1.15. The van der Waals surface area contributed by atoms with Crippen molar-refractivity contribution in [2.45, 2.75) is 44.6 Å². The molecule has 0 aliphatic heterocycles. The van der Waals surface area contributed by atoms with E-state index in [9.17, 15) is 8.42 Å². The molecule has 0 aliphatic carbocycles. The fraction of sp³-hybridized carbons (Fsp3) is 0.600. The number of nitrogens with one attached hydrogen (secondary N) is 1. The molecule has 0 spiro atoms. The van der Waals surface area contributed by atoms with Crippen LogP contribution in [0.3, 0.4) is 0 Å². The fourth-order valence-corrected chi connectivity index (χ4v) is 3.21. The van der Waals surface area contributed by atoms with Crippen molar-refractivity contribution < 1.29 is 8.42 Å². The van der Waals surface area contributed by atoms with E-state index in [1.54, 1.807) is 19.2 Å². The van der Waals surface area contributed by atoms with Gasteiger partial charge in [-0.1, -0.05) is 32.9 Å². The summed E-state index contributed by atoms with van der Waals surface area (Å²) < 4.78 is 25.9. The number of benzene rings is 1. The van der Waals surface area contributed by atoms with Gasteiger partial charge in [-0.25, -0.2) is 12.7 Å². The molecule has 1 N–H and O–H groups in total. The van der Waals surface area contributed by atoms with Gasteiger partial charge in [0, 0.05) is 19.6 Å². The molecule has 0 radical (unpaired) electrons. The van der Waals surface area contributed by atoms with Crippen molar-refractivity contribution in [1.29, 1.82) is 0 Å². The van der Waals surface area contributed by atoms with E-state index in [-0.39, 0.29) is 0 Å². The molecule has 0 aromatic heterocycles. The van der Waals surface area contributed by atoms with Crippen molar-refractivity contribution in [3.8, 4) is 0 Å². The van der Waals surface area contributed by atoms with E-state index in [1.165, 1.54) is 4.31 Å². The van der Waals surface area contributed by atoms with E-state index < -0.39 is 10.0 Å². The molecule has 1 aromatic rings. The predicted octanol–water partition coefficient (Wildman–Crippen LogP) is 2.26. The molecule has 5 heteroatoms. The van der Waals surface area contributed by atoms with Crippen LogP contribution in [0.5, 0.6) is 0 Å². The van der Waals surface area contributed by atoms with Crippen LogP contribution in [0.25, 0.3) is 0 Å². The lowest BCUT2D eigenvalue weighted by atomic mass is 10.1. The first-order valence-corrected chi connectivity index (χ1v) is 8.60. The summed E-state index contributed by atoms with van der Waals surface area (Å²) in [4.78, 5) is 0.369. The second-order valence-electron chi connectivity index (χ2n) is 5.33. The molecular formula is C15H26N2O2S. The molecule has 0 aliphatic rings. The molecule has 0 heterocycles. The van der Waals surface area contributed by atoms with E-state index in [0.717, 1.165) is 24.9 Å². The van der Waals surface area contributed by atoms with Crippen molar-refractivity contribution in [2.75, 3.05) is 20.1 Å². The molecule has 0 saturated heterocycles. The molecule has 0 saturated carbocycles. The molecule has 0 fully saturated rings. The first-order valence-electron chi connectivity index (χ1n) is 7.16. The van der Waals surface area contributed by atoms with Crippen LogP contribution in [0, 0.1) is 0 Å². The summed E-state index contributed by atoms with van der Waals surface area (Å²) in [5.74, 6) is 0. The SMILES string of the molecule is CCCN(C)S(=O)(=O)c1ccc(CCNC(C)C)cc1. The maximum Gasteiger partial charge on any atom is 0.242 e. The Bertz CT molecular complexity index is 495. The highest BCUT2D eigenvalue weighted by atomic mass is 32.2. The highest BCUT2D eigenvalue weighted by Crippen LogP contribution is 2.15. The largest absolute Gasteiger partial charge is 0.314 e. The van der Waals surface area contributed by atoms with Gasteiger partial charge in [0.25, 0.3) is 0 Å². The molecule has 1 aromatic carbocycles. The van der Waals surface area contributed by atoms with Gasteiger partial charge in [-0.3, -0.25) is 0 Å². The number of hydrogen-bond acceptors (Lipinski definition) is 3. The molecule has 114 valence electrons. The normalized spacial score (nSPS) is 12.3. The summed E-state index contributed by atoms with van der Waals surface area (Å²) in [6.07, 6.45) is 1.72. The van der Waals surface area contributed by atoms with Crippen molar-refractivity contribution >= 4 is 10.0 Å². The lowest BCUT2D eigenvalue weighted by molar-refractivity contribution is 0.468. The van der Waals surface area contributed by atoms with E-state index in [2.05, 4.69) is 19.2 Å². The Kier molecular flexibility index (Phi) is 6.65. The molecule has 4 nitrogen and oxygen atoms in total. The lowest BCUT2D eigenvalue weighted by Gasteiger charge is -2.16. The summed E-state index contributed by atoms with van der Waals surface area (Å²) in [7, 11) is -1.71. The number of nitrogens with zero attached hydrogens (tertiary/aromatic N) is 1. The number of hydrogen-bond donors (Lipinski definition) is 1. The Labute approximate surface area is 123 Å². The van der Waals surface area contributed by atoms with Gasteiger partial charge in [0.05, 0.1) is 4.90 Å². The maximum absolute atomic E-state index is 12.3. The van der Waals surface area contributed by atoms with Gasteiger partial charge in [0.15, 0.2) is 0 Å². The van der Waals surface area contributed by atoms with Crippen molar-refractivity contribution in [1.82, 2.24) is 9.62 Å². The van der Waals surface area contributed by atoms with Gasteiger partial charge >= 0.3 is 0 Å². The highest BCUT2D eigenvalue weighted by Gasteiger charge is 2.19. The van der Waals surface area contributed by atoms with Crippen LogP contribution in [-0.4, -0.2) is 38.9 Å². The van der Waals surface area contributed by atoms with Crippen LogP contribution in [-0.2, 0) is 16.4 Å². The minimum absolute atomic E-state index is 0.369. The maximum atomic E-state index is 12.3. The van der Waals surface area contributed by atoms with Gasteiger partial charge in [0.1, 0.15) is 0 Å². The number of rotatable bonds is 8. The fourth-order valence-electron chi connectivity index (χ4n) is 1.95. The minimum atomic E-state index is -3.33. The van der Waals surface area contributed by atoms with Crippen molar-refractivity contribution in [2.24, 2.45) is 0 Å². The average Bonchev–Trinajstić information content (AvgIpc) is 2.39. The van der Waals surface area contributed by atoms with Crippen LogP contribution >= 0.6 is 0 Å². The van der Waals surface area contributed by atoms with Crippen molar-refractivity contribution in [3.63, 3.8) is 0 Å². The molecule has 0 amide bonds. The quantitative estimate of drug-likeness (QED) is 0.801. The summed E-state index contributed by atoms with van der Waals surface area (Å²) in [6.45, 7) is 7.64. The lowest BCUT2D eigenvalue weighted by Crippen LogP contribution is -2.27. The second kappa shape index (κ2) is 7.76. The number of sulfonamides is 1. The molecular weight excluding hydrogens is 272 g/mol. The van der Waals surface area contributed by atoms with Gasteiger partial charge in [-0.15, -0.1) is 0 Å². The smallest absolute Gasteiger partial charge is 0.242 e.